The van der Waals surface area contributed by atoms with Crippen LogP contribution in [0.3, 0.4) is 0 Å². The van der Waals surface area contributed by atoms with Gasteiger partial charge in [0.25, 0.3) is 0 Å². The molecule has 1 atom stereocenters. The van der Waals surface area contributed by atoms with Crippen molar-refractivity contribution in [1.82, 2.24) is 4.98 Å². The highest BCUT2D eigenvalue weighted by Gasteiger charge is 2.13. The highest BCUT2D eigenvalue weighted by molar-refractivity contribution is 6.41. The molecule has 0 amide bonds. The number of nitrogens with zero attached hydrogens (tertiary/aromatic N) is 2. The van der Waals surface area contributed by atoms with Crippen molar-refractivity contribution < 1.29 is 14.2 Å². The van der Waals surface area contributed by atoms with Crippen LogP contribution in [0, 0.1) is 11.3 Å². The summed E-state index contributed by atoms with van der Waals surface area (Å²) >= 11 is 11.5. The molecule has 1 rings (SSSR count). The van der Waals surface area contributed by atoms with Gasteiger partial charge in [0, 0.05) is 14.2 Å². The molecule has 0 spiro atoms. The van der Waals surface area contributed by atoms with Crippen molar-refractivity contribution >= 4 is 23.2 Å². The van der Waals surface area contributed by atoms with Crippen molar-refractivity contribution in [3.05, 3.63) is 21.8 Å². The van der Waals surface area contributed by atoms with Gasteiger partial charge in [-0.3, -0.25) is 0 Å². The molecule has 0 fully saturated rings. The van der Waals surface area contributed by atoms with Crippen LogP contribution < -0.4 is 4.74 Å². The Hall–Kier alpha value is -1.06. The second kappa shape index (κ2) is 7.39. The van der Waals surface area contributed by atoms with Crippen LogP contribution in [0.15, 0.2) is 6.07 Å². The topological polar surface area (TPSA) is 64.4 Å². The Bertz CT molecular complexity index is 449. The minimum atomic E-state index is -0.252. The van der Waals surface area contributed by atoms with E-state index in [2.05, 4.69) is 4.98 Å². The second-order valence-corrected chi connectivity index (χ2v) is 4.11. The molecule has 1 aromatic heterocycles. The van der Waals surface area contributed by atoms with E-state index in [-0.39, 0.29) is 34.3 Å². The number of hydrogen-bond acceptors (Lipinski definition) is 5. The minimum absolute atomic E-state index is 0.0892. The van der Waals surface area contributed by atoms with Crippen molar-refractivity contribution in [2.75, 3.05) is 27.4 Å². The fraction of sp³-hybridized carbons (Fsp3) is 0.455. The second-order valence-electron chi connectivity index (χ2n) is 3.35. The summed E-state index contributed by atoms with van der Waals surface area (Å²) in [4.78, 5) is 3.90. The van der Waals surface area contributed by atoms with Gasteiger partial charge in [0.05, 0.1) is 11.6 Å². The van der Waals surface area contributed by atoms with Crippen LogP contribution in [0.2, 0.25) is 10.2 Å². The standard InChI is InChI=1S/C11H12Cl2N2O3/c1-16-5-8(17-2)6-18-11-7(4-14)3-9(12)10(13)15-11/h3,8H,5-6H2,1-2H3. The molecule has 0 aliphatic heterocycles. The number of rotatable bonds is 6. The molecule has 0 saturated carbocycles. The number of pyridine rings is 1. The van der Waals surface area contributed by atoms with Gasteiger partial charge in [-0.2, -0.15) is 10.2 Å². The third-order valence-electron chi connectivity index (χ3n) is 2.11. The van der Waals surface area contributed by atoms with Crippen LogP contribution in [-0.4, -0.2) is 38.5 Å². The van der Waals surface area contributed by atoms with Gasteiger partial charge in [-0.15, -0.1) is 0 Å². The maximum atomic E-state index is 8.93. The van der Waals surface area contributed by atoms with Gasteiger partial charge < -0.3 is 14.2 Å². The lowest BCUT2D eigenvalue weighted by molar-refractivity contribution is -0.0000920. The lowest BCUT2D eigenvalue weighted by Crippen LogP contribution is -2.25. The highest BCUT2D eigenvalue weighted by Crippen LogP contribution is 2.26. The van der Waals surface area contributed by atoms with Crippen molar-refractivity contribution in [2.24, 2.45) is 0 Å². The molecule has 7 heteroatoms. The van der Waals surface area contributed by atoms with Crippen LogP contribution in [-0.2, 0) is 9.47 Å². The van der Waals surface area contributed by atoms with Crippen molar-refractivity contribution in [1.29, 1.82) is 5.26 Å². The Morgan fingerprint density at radius 2 is 2.11 bits per heavy atom. The van der Waals surface area contributed by atoms with Gasteiger partial charge in [0.15, 0.2) is 5.15 Å². The van der Waals surface area contributed by atoms with Gasteiger partial charge in [-0.25, -0.2) is 0 Å². The number of halogens is 2. The van der Waals surface area contributed by atoms with Crippen LogP contribution in [0.1, 0.15) is 5.56 Å². The Labute approximate surface area is 115 Å². The molecule has 1 aromatic rings. The van der Waals surface area contributed by atoms with Crippen molar-refractivity contribution in [3.8, 4) is 11.9 Å². The van der Waals surface area contributed by atoms with E-state index in [1.54, 1.807) is 14.2 Å². The Balaban J connectivity index is 2.78. The van der Waals surface area contributed by atoms with Gasteiger partial charge in [0.2, 0.25) is 5.88 Å². The molecule has 0 aliphatic rings. The lowest BCUT2D eigenvalue weighted by atomic mass is 10.3. The predicted molar refractivity (Wildman–Crippen MR) is 67.1 cm³/mol. The summed E-state index contributed by atoms with van der Waals surface area (Å²) in [6.45, 7) is 0.573. The van der Waals surface area contributed by atoms with E-state index < -0.39 is 0 Å². The summed E-state index contributed by atoms with van der Waals surface area (Å²) < 4.78 is 15.5. The minimum Gasteiger partial charge on any atom is -0.474 e. The zero-order chi connectivity index (χ0) is 13.5. The monoisotopic (exact) mass is 290 g/mol. The van der Waals surface area contributed by atoms with Gasteiger partial charge in [-0.05, 0) is 6.07 Å². The molecule has 0 bridgehead atoms. The molecule has 0 radical (unpaired) electrons. The summed E-state index contributed by atoms with van der Waals surface area (Å²) in [5.74, 6) is 0.130. The number of methoxy groups -OCH3 is 2. The first-order chi connectivity index (χ1) is 8.62. The first kappa shape index (κ1) is 15.0. The molecule has 5 nitrogen and oxygen atoms in total. The van der Waals surface area contributed by atoms with E-state index >= 15 is 0 Å². The molecule has 0 aliphatic carbocycles. The van der Waals surface area contributed by atoms with E-state index in [0.29, 0.717) is 6.61 Å². The third-order valence-corrected chi connectivity index (χ3v) is 2.78. The van der Waals surface area contributed by atoms with Crippen molar-refractivity contribution in [2.45, 2.75) is 6.10 Å². The van der Waals surface area contributed by atoms with Crippen molar-refractivity contribution in [3.63, 3.8) is 0 Å². The molecule has 98 valence electrons. The fourth-order valence-corrected chi connectivity index (χ4v) is 1.47. The molecule has 0 N–H and O–H groups in total. The fourth-order valence-electron chi connectivity index (χ4n) is 1.18. The first-order valence-corrected chi connectivity index (χ1v) is 5.78. The third kappa shape index (κ3) is 4.00. The molecule has 0 aromatic carbocycles. The summed E-state index contributed by atoms with van der Waals surface area (Å²) in [6.07, 6.45) is -0.252. The first-order valence-electron chi connectivity index (χ1n) is 5.03. The van der Waals surface area contributed by atoms with Gasteiger partial charge >= 0.3 is 0 Å². The Morgan fingerprint density at radius 1 is 1.39 bits per heavy atom. The zero-order valence-electron chi connectivity index (χ0n) is 9.94. The zero-order valence-corrected chi connectivity index (χ0v) is 11.5. The van der Waals surface area contributed by atoms with Crippen LogP contribution >= 0.6 is 23.2 Å². The van der Waals surface area contributed by atoms with E-state index in [9.17, 15) is 0 Å². The SMILES string of the molecule is COCC(COc1nc(Cl)c(Cl)cc1C#N)OC. The molecule has 1 unspecified atom stereocenters. The molecule has 1 heterocycles. The largest absolute Gasteiger partial charge is 0.474 e. The van der Waals surface area contributed by atoms with Crippen LogP contribution in [0.25, 0.3) is 0 Å². The molecular formula is C11H12Cl2N2O3. The highest BCUT2D eigenvalue weighted by atomic mass is 35.5. The summed E-state index contributed by atoms with van der Waals surface area (Å²) in [6, 6.07) is 3.34. The number of aromatic nitrogens is 1. The lowest BCUT2D eigenvalue weighted by Gasteiger charge is -2.15. The molecule has 18 heavy (non-hydrogen) atoms. The average molecular weight is 291 g/mol. The maximum Gasteiger partial charge on any atom is 0.233 e. The predicted octanol–water partition coefficient (Wildman–Crippen LogP) is 2.30. The quantitative estimate of drug-likeness (QED) is 0.752. The summed E-state index contributed by atoms with van der Waals surface area (Å²) in [5.41, 5.74) is 0.219. The van der Waals surface area contributed by atoms with Gasteiger partial charge in [0.1, 0.15) is 24.3 Å². The maximum absolute atomic E-state index is 8.93. The van der Waals surface area contributed by atoms with E-state index in [0.717, 1.165) is 0 Å². The Kier molecular flexibility index (Phi) is 6.16. The van der Waals surface area contributed by atoms with Crippen LogP contribution in [0.4, 0.5) is 0 Å². The van der Waals surface area contributed by atoms with Gasteiger partial charge in [-0.1, -0.05) is 23.2 Å². The van der Waals surface area contributed by atoms with E-state index in [1.807, 2.05) is 6.07 Å². The average Bonchev–Trinajstić information content (AvgIpc) is 2.37. The number of hydrogen-bond donors (Lipinski definition) is 0. The Morgan fingerprint density at radius 3 is 2.67 bits per heavy atom. The van der Waals surface area contributed by atoms with E-state index in [1.165, 1.54) is 6.07 Å². The summed E-state index contributed by atoms with van der Waals surface area (Å²) in [5, 5.41) is 9.23. The van der Waals surface area contributed by atoms with Crippen LogP contribution in [0.5, 0.6) is 5.88 Å². The molecular weight excluding hydrogens is 279 g/mol. The normalized spacial score (nSPS) is 11.9. The smallest absolute Gasteiger partial charge is 0.233 e. The van der Waals surface area contributed by atoms with E-state index in [4.69, 9.17) is 42.7 Å². The molecule has 0 saturated heterocycles. The summed E-state index contributed by atoms with van der Waals surface area (Å²) in [7, 11) is 3.10. The number of ether oxygens (including phenoxy) is 3. The number of nitriles is 1.